The van der Waals surface area contributed by atoms with E-state index in [1.165, 1.54) is 57.9 Å². The van der Waals surface area contributed by atoms with Gasteiger partial charge in [0.25, 0.3) is 0 Å². The summed E-state index contributed by atoms with van der Waals surface area (Å²) in [5.74, 6) is 1.88. The van der Waals surface area contributed by atoms with Crippen molar-refractivity contribution in [3.8, 4) is 0 Å². The van der Waals surface area contributed by atoms with Crippen LogP contribution in [0.25, 0.3) is 0 Å². The summed E-state index contributed by atoms with van der Waals surface area (Å²) in [6.07, 6.45) is 13.6. The van der Waals surface area contributed by atoms with E-state index in [0.29, 0.717) is 0 Å². The summed E-state index contributed by atoms with van der Waals surface area (Å²) in [7, 11) is 4.34. The number of hydrogen-bond donors (Lipinski definition) is 0. The second-order valence-corrected chi connectivity index (χ2v) is 6.44. The first kappa shape index (κ1) is 15.8. The number of allylic oxidation sites excluding steroid dienone is 2. The Morgan fingerprint density at radius 1 is 1.22 bits per heavy atom. The molecule has 1 aliphatic rings. The van der Waals surface area contributed by atoms with Crippen LogP contribution in [0, 0.1) is 11.8 Å². The lowest BCUT2D eigenvalue weighted by atomic mass is 9.77. The SMILES string of the molecule is CCCC1=CCC(CCCCCN(C)C)C(C)C1. The van der Waals surface area contributed by atoms with Crippen LogP contribution in [0.4, 0.5) is 0 Å². The molecule has 0 aliphatic heterocycles. The van der Waals surface area contributed by atoms with Crippen molar-refractivity contribution in [3.05, 3.63) is 11.6 Å². The van der Waals surface area contributed by atoms with E-state index in [4.69, 9.17) is 0 Å². The molecule has 106 valence electrons. The second kappa shape index (κ2) is 8.74. The summed E-state index contributed by atoms with van der Waals surface area (Å²) in [5.41, 5.74) is 1.73. The number of hydrogen-bond acceptors (Lipinski definition) is 1. The minimum absolute atomic E-state index is 0.922. The standard InChI is InChI=1S/C17H33N/c1-5-9-16-11-12-17(15(2)14-16)10-7-6-8-13-18(3)4/h11,15,17H,5-10,12-14H2,1-4H3. The van der Waals surface area contributed by atoms with Crippen LogP contribution < -0.4 is 0 Å². The summed E-state index contributed by atoms with van der Waals surface area (Å²) in [4.78, 5) is 2.29. The monoisotopic (exact) mass is 251 g/mol. The molecular formula is C17H33N. The van der Waals surface area contributed by atoms with Gasteiger partial charge in [0.15, 0.2) is 0 Å². The van der Waals surface area contributed by atoms with Crippen molar-refractivity contribution in [2.75, 3.05) is 20.6 Å². The molecule has 1 heteroatoms. The molecule has 0 saturated heterocycles. The van der Waals surface area contributed by atoms with E-state index in [0.717, 1.165) is 11.8 Å². The molecule has 0 aromatic heterocycles. The Balaban J connectivity index is 2.16. The minimum Gasteiger partial charge on any atom is -0.309 e. The van der Waals surface area contributed by atoms with Crippen LogP contribution in [0.1, 0.15) is 65.2 Å². The van der Waals surface area contributed by atoms with Gasteiger partial charge < -0.3 is 4.90 Å². The lowest BCUT2D eigenvalue weighted by Crippen LogP contribution is -2.17. The van der Waals surface area contributed by atoms with E-state index in [1.54, 1.807) is 5.57 Å². The predicted octanol–water partition coefficient (Wildman–Crippen LogP) is 4.88. The van der Waals surface area contributed by atoms with E-state index in [1.807, 2.05) is 0 Å². The maximum atomic E-state index is 2.55. The molecule has 0 saturated carbocycles. The Labute approximate surface area is 115 Å². The fraction of sp³-hybridized carbons (Fsp3) is 0.882. The largest absolute Gasteiger partial charge is 0.309 e. The van der Waals surface area contributed by atoms with Gasteiger partial charge >= 0.3 is 0 Å². The molecule has 18 heavy (non-hydrogen) atoms. The highest BCUT2D eigenvalue weighted by Crippen LogP contribution is 2.34. The minimum atomic E-state index is 0.922. The van der Waals surface area contributed by atoms with Crippen LogP contribution in [0.15, 0.2) is 11.6 Å². The van der Waals surface area contributed by atoms with Crippen LogP contribution in [0.3, 0.4) is 0 Å². The first-order valence-electron chi connectivity index (χ1n) is 7.96. The van der Waals surface area contributed by atoms with E-state index < -0.39 is 0 Å². The fourth-order valence-electron chi connectivity index (χ4n) is 3.15. The van der Waals surface area contributed by atoms with Crippen LogP contribution in [0.2, 0.25) is 0 Å². The molecule has 0 amide bonds. The van der Waals surface area contributed by atoms with Gasteiger partial charge in [0.1, 0.15) is 0 Å². The lowest BCUT2D eigenvalue weighted by molar-refractivity contribution is 0.302. The molecule has 1 nitrogen and oxygen atoms in total. The third kappa shape index (κ3) is 6.04. The fourth-order valence-corrected chi connectivity index (χ4v) is 3.15. The second-order valence-electron chi connectivity index (χ2n) is 6.44. The first-order valence-corrected chi connectivity index (χ1v) is 7.96. The number of nitrogens with zero attached hydrogens (tertiary/aromatic N) is 1. The molecule has 0 heterocycles. The Morgan fingerprint density at radius 3 is 2.61 bits per heavy atom. The molecule has 2 unspecified atom stereocenters. The van der Waals surface area contributed by atoms with E-state index in [-0.39, 0.29) is 0 Å². The third-order valence-electron chi connectivity index (χ3n) is 4.35. The van der Waals surface area contributed by atoms with Crippen LogP contribution in [0.5, 0.6) is 0 Å². The van der Waals surface area contributed by atoms with Gasteiger partial charge in [-0.3, -0.25) is 0 Å². The van der Waals surface area contributed by atoms with E-state index >= 15 is 0 Å². The molecule has 0 bridgehead atoms. The van der Waals surface area contributed by atoms with Gasteiger partial charge in [-0.25, -0.2) is 0 Å². The van der Waals surface area contributed by atoms with Crippen LogP contribution >= 0.6 is 0 Å². The van der Waals surface area contributed by atoms with Gasteiger partial charge in [0.2, 0.25) is 0 Å². The average Bonchev–Trinajstić information content (AvgIpc) is 2.31. The highest BCUT2D eigenvalue weighted by molar-refractivity contribution is 5.07. The molecule has 0 fully saturated rings. The maximum Gasteiger partial charge on any atom is -0.00248 e. The molecule has 0 aromatic rings. The van der Waals surface area contributed by atoms with Crippen molar-refractivity contribution in [2.45, 2.75) is 65.2 Å². The molecule has 1 rings (SSSR count). The third-order valence-corrected chi connectivity index (χ3v) is 4.35. The molecule has 0 aromatic carbocycles. The van der Waals surface area contributed by atoms with Gasteiger partial charge in [-0.2, -0.15) is 0 Å². The van der Waals surface area contributed by atoms with Crippen molar-refractivity contribution in [1.29, 1.82) is 0 Å². The number of rotatable bonds is 8. The summed E-state index contributed by atoms with van der Waals surface area (Å²) in [6.45, 7) is 6.01. The summed E-state index contributed by atoms with van der Waals surface area (Å²) in [6, 6.07) is 0. The van der Waals surface area contributed by atoms with E-state index in [9.17, 15) is 0 Å². The molecular weight excluding hydrogens is 218 g/mol. The Kier molecular flexibility index (Phi) is 7.65. The van der Waals surface area contributed by atoms with Crippen LogP contribution in [-0.4, -0.2) is 25.5 Å². The normalized spacial score (nSPS) is 24.4. The van der Waals surface area contributed by atoms with Crippen molar-refractivity contribution in [3.63, 3.8) is 0 Å². The first-order chi connectivity index (χ1) is 8.63. The van der Waals surface area contributed by atoms with Gasteiger partial charge in [-0.05, 0) is 64.6 Å². The zero-order valence-electron chi connectivity index (χ0n) is 13.0. The van der Waals surface area contributed by atoms with Gasteiger partial charge in [-0.1, -0.05) is 44.8 Å². The summed E-state index contributed by atoms with van der Waals surface area (Å²) in [5, 5.41) is 0. The Bertz CT molecular complexity index is 242. The van der Waals surface area contributed by atoms with Gasteiger partial charge in [-0.15, -0.1) is 0 Å². The van der Waals surface area contributed by atoms with Crippen molar-refractivity contribution in [2.24, 2.45) is 11.8 Å². The summed E-state index contributed by atoms with van der Waals surface area (Å²) < 4.78 is 0. The quantitative estimate of drug-likeness (QED) is 0.439. The van der Waals surface area contributed by atoms with Crippen molar-refractivity contribution >= 4 is 0 Å². The number of unbranched alkanes of at least 4 members (excludes halogenated alkanes) is 2. The highest BCUT2D eigenvalue weighted by atomic mass is 15.0. The molecule has 1 aliphatic carbocycles. The highest BCUT2D eigenvalue weighted by Gasteiger charge is 2.21. The van der Waals surface area contributed by atoms with E-state index in [2.05, 4.69) is 38.9 Å². The maximum absolute atomic E-state index is 2.55. The smallest absolute Gasteiger partial charge is 0.00248 e. The van der Waals surface area contributed by atoms with Crippen LogP contribution in [-0.2, 0) is 0 Å². The zero-order chi connectivity index (χ0) is 13.4. The van der Waals surface area contributed by atoms with Crippen molar-refractivity contribution < 1.29 is 0 Å². The topological polar surface area (TPSA) is 3.24 Å². The molecule has 2 atom stereocenters. The van der Waals surface area contributed by atoms with Crippen molar-refractivity contribution in [1.82, 2.24) is 4.90 Å². The average molecular weight is 251 g/mol. The van der Waals surface area contributed by atoms with Gasteiger partial charge in [0, 0.05) is 0 Å². The van der Waals surface area contributed by atoms with Gasteiger partial charge in [0.05, 0.1) is 0 Å². The molecule has 0 radical (unpaired) electrons. The predicted molar refractivity (Wildman–Crippen MR) is 81.9 cm³/mol. The Hall–Kier alpha value is -0.300. The molecule has 0 N–H and O–H groups in total. The lowest BCUT2D eigenvalue weighted by Gasteiger charge is -2.29. The Morgan fingerprint density at radius 2 is 2.00 bits per heavy atom. The zero-order valence-corrected chi connectivity index (χ0v) is 13.0. The molecule has 0 spiro atoms. The summed E-state index contributed by atoms with van der Waals surface area (Å²) >= 11 is 0.